The Bertz CT molecular complexity index is 951. The van der Waals surface area contributed by atoms with Crippen molar-refractivity contribution in [2.24, 2.45) is 0 Å². The van der Waals surface area contributed by atoms with E-state index in [2.05, 4.69) is 6.07 Å². The molecule has 5 rings (SSSR count). The molecule has 0 unspecified atom stereocenters. The number of carbonyl (C=O) groups is 1. The third-order valence-corrected chi connectivity index (χ3v) is 6.12. The van der Waals surface area contributed by atoms with Crippen LogP contribution in [-0.2, 0) is 0 Å². The Morgan fingerprint density at radius 3 is 2.92 bits per heavy atom. The largest absolute Gasteiger partial charge is 0.454 e. The fourth-order valence-electron chi connectivity index (χ4n) is 3.66. The van der Waals surface area contributed by atoms with Crippen molar-refractivity contribution in [3.63, 3.8) is 0 Å². The number of amides is 1. The number of thiazole rings is 1. The molecule has 0 aliphatic carbocycles. The zero-order valence-corrected chi connectivity index (χ0v) is 15.0. The lowest BCUT2D eigenvalue weighted by molar-refractivity contribution is 0.0611. The number of carbonyl (C=O) groups excluding carboxylic acids is 1. The third-order valence-electron chi connectivity index (χ3n) is 4.98. The number of ether oxygens (including phenoxy) is 2. The molecular formula is C20H18N2O3S. The van der Waals surface area contributed by atoms with Gasteiger partial charge in [-0.25, -0.2) is 4.98 Å². The SMILES string of the molecule is O=C(c1ccc2c(c1)OCO2)N1CCCC[C@@H]1c1nc2ccccc2s1. The standard InChI is InChI=1S/C20H18N2O3S/c23-20(13-8-9-16-17(11-13)25-12-24-16)22-10-4-3-6-15(22)19-21-14-5-1-2-7-18(14)26-19/h1-2,5,7-9,11,15H,3-4,6,10,12H2/t15-/m1/s1. The summed E-state index contributed by atoms with van der Waals surface area (Å²) in [5.41, 5.74) is 1.65. The van der Waals surface area contributed by atoms with Crippen molar-refractivity contribution in [1.82, 2.24) is 9.88 Å². The van der Waals surface area contributed by atoms with Crippen molar-refractivity contribution in [1.29, 1.82) is 0 Å². The van der Waals surface area contributed by atoms with Crippen LogP contribution in [0, 0.1) is 0 Å². The molecule has 2 aliphatic rings. The second kappa shape index (κ2) is 6.29. The summed E-state index contributed by atoms with van der Waals surface area (Å²) in [6, 6.07) is 13.6. The van der Waals surface area contributed by atoms with Crippen LogP contribution >= 0.6 is 11.3 Å². The zero-order valence-electron chi connectivity index (χ0n) is 14.2. The summed E-state index contributed by atoms with van der Waals surface area (Å²) in [5, 5.41) is 1.03. The molecule has 2 aliphatic heterocycles. The molecule has 2 aromatic carbocycles. The highest BCUT2D eigenvalue weighted by Crippen LogP contribution is 2.38. The minimum atomic E-state index is 0.0345. The Kier molecular flexibility index (Phi) is 3.78. The van der Waals surface area contributed by atoms with Crippen LogP contribution in [0.3, 0.4) is 0 Å². The van der Waals surface area contributed by atoms with Gasteiger partial charge in [-0.15, -0.1) is 11.3 Å². The maximum Gasteiger partial charge on any atom is 0.254 e. The summed E-state index contributed by atoms with van der Waals surface area (Å²) in [5.74, 6) is 1.37. The lowest BCUT2D eigenvalue weighted by Crippen LogP contribution is -2.38. The molecule has 1 amide bonds. The van der Waals surface area contributed by atoms with Crippen LogP contribution in [0.5, 0.6) is 11.5 Å². The average Bonchev–Trinajstić information content (AvgIpc) is 3.33. The number of rotatable bonds is 2. The molecule has 0 saturated carbocycles. The molecule has 1 aromatic heterocycles. The van der Waals surface area contributed by atoms with Gasteiger partial charge in [-0.3, -0.25) is 4.79 Å². The van der Waals surface area contributed by atoms with Gasteiger partial charge in [0, 0.05) is 12.1 Å². The number of likely N-dealkylation sites (tertiary alicyclic amines) is 1. The normalized spacial score (nSPS) is 19.1. The summed E-state index contributed by atoms with van der Waals surface area (Å²) in [7, 11) is 0. The number of aromatic nitrogens is 1. The van der Waals surface area contributed by atoms with Gasteiger partial charge < -0.3 is 14.4 Å². The topological polar surface area (TPSA) is 51.7 Å². The smallest absolute Gasteiger partial charge is 0.254 e. The van der Waals surface area contributed by atoms with Crippen molar-refractivity contribution in [2.75, 3.05) is 13.3 Å². The molecule has 26 heavy (non-hydrogen) atoms. The second-order valence-corrected chi connectivity index (χ2v) is 7.66. The van der Waals surface area contributed by atoms with Crippen LogP contribution in [0.2, 0.25) is 0 Å². The predicted octanol–water partition coefficient (Wildman–Crippen LogP) is 4.39. The molecule has 1 atom stereocenters. The molecular weight excluding hydrogens is 348 g/mol. The summed E-state index contributed by atoms with van der Waals surface area (Å²) in [6.45, 7) is 0.971. The summed E-state index contributed by atoms with van der Waals surface area (Å²) >= 11 is 1.69. The quantitative estimate of drug-likeness (QED) is 0.675. The van der Waals surface area contributed by atoms with E-state index >= 15 is 0 Å². The Balaban J connectivity index is 1.48. The highest BCUT2D eigenvalue weighted by atomic mass is 32.1. The van der Waals surface area contributed by atoms with Gasteiger partial charge in [0.25, 0.3) is 5.91 Å². The van der Waals surface area contributed by atoms with Crippen LogP contribution in [0.15, 0.2) is 42.5 Å². The van der Waals surface area contributed by atoms with E-state index in [0.717, 1.165) is 36.3 Å². The first-order valence-electron chi connectivity index (χ1n) is 8.86. The number of para-hydroxylation sites is 1. The van der Waals surface area contributed by atoms with Crippen molar-refractivity contribution < 1.29 is 14.3 Å². The Morgan fingerprint density at radius 1 is 1.12 bits per heavy atom. The molecule has 0 spiro atoms. The lowest BCUT2D eigenvalue weighted by Gasteiger charge is -2.34. The number of nitrogens with zero attached hydrogens (tertiary/aromatic N) is 2. The Labute approximate surface area is 155 Å². The van der Waals surface area contributed by atoms with E-state index < -0.39 is 0 Å². The maximum absolute atomic E-state index is 13.2. The minimum absolute atomic E-state index is 0.0345. The first kappa shape index (κ1) is 15.6. The molecule has 5 nitrogen and oxygen atoms in total. The summed E-state index contributed by atoms with van der Waals surface area (Å²) in [6.07, 6.45) is 3.10. The van der Waals surface area contributed by atoms with E-state index in [0.29, 0.717) is 17.1 Å². The van der Waals surface area contributed by atoms with Gasteiger partial charge >= 0.3 is 0 Å². The van der Waals surface area contributed by atoms with Crippen LogP contribution in [0.25, 0.3) is 10.2 Å². The molecule has 0 N–H and O–H groups in total. The monoisotopic (exact) mass is 366 g/mol. The number of fused-ring (bicyclic) bond motifs is 2. The van der Waals surface area contributed by atoms with Gasteiger partial charge in [-0.2, -0.15) is 0 Å². The molecule has 0 bridgehead atoms. The number of hydrogen-bond acceptors (Lipinski definition) is 5. The second-order valence-electron chi connectivity index (χ2n) is 6.60. The van der Waals surface area contributed by atoms with Crippen molar-refractivity contribution in [3.8, 4) is 11.5 Å². The first-order valence-corrected chi connectivity index (χ1v) is 9.67. The van der Waals surface area contributed by atoms with Gasteiger partial charge in [-0.05, 0) is 49.6 Å². The van der Waals surface area contributed by atoms with Crippen LogP contribution in [0.1, 0.15) is 40.7 Å². The lowest BCUT2D eigenvalue weighted by atomic mass is 10.0. The van der Waals surface area contributed by atoms with Crippen molar-refractivity contribution >= 4 is 27.5 Å². The third kappa shape index (κ3) is 2.61. The highest BCUT2D eigenvalue weighted by molar-refractivity contribution is 7.18. The summed E-state index contributed by atoms with van der Waals surface area (Å²) < 4.78 is 11.9. The highest BCUT2D eigenvalue weighted by Gasteiger charge is 2.31. The predicted molar refractivity (Wildman–Crippen MR) is 99.8 cm³/mol. The van der Waals surface area contributed by atoms with Crippen molar-refractivity contribution in [2.45, 2.75) is 25.3 Å². The maximum atomic E-state index is 13.2. The van der Waals surface area contributed by atoms with Gasteiger partial charge in [0.15, 0.2) is 11.5 Å². The minimum Gasteiger partial charge on any atom is -0.454 e. The van der Waals surface area contributed by atoms with Crippen molar-refractivity contribution in [3.05, 3.63) is 53.0 Å². The van der Waals surface area contributed by atoms with Crippen LogP contribution in [0.4, 0.5) is 0 Å². The molecule has 1 fully saturated rings. The molecule has 132 valence electrons. The Morgan fingerprint density at radius 2 is 2.00 bits per heavy atom. The first-order chi connectivity index (χ1) is 12.8. The van der Waals surface area contributed by atoms with Crippen LogP contribution in [-0.4, -0.2) is 29.1 Å². The molecule has 1 saturated heterocycles. The zero-order chi connectivity index (χ0) is 17.5. The van der Waals surface area contributed by atoms with Gasteiger partial charge in [0.1, 0.15) is 5.01 Å². The van der Waals surface area contributed by atoms with E-state index in [1.54, 1.807) is 17.4 Å². The fraction of sp³-hybridized carbons (Fsp3) is 0.300. The number of benzene rings is 2. The number of hydrogen-bond donors (Lipinski definition) is 0. The van der Waals surface area contributed by atoms with E-state index in [1.165, 1.54) is 4.70 Å². The number of piperidine rings is 1. The van der Waals surface area contributed by atoms with E-state index in [-0.39, 0.29) is 18.7 Å². The van der Waals surface area contributed by atoms with Crippen LogP contribution < -0.4 is 9.47 Å². The molecule has 3 aromatic rings. The molecule has 3 heterocycles. The average molecular weight is 366 g/mol. The molecule has 0 radical (unpaired) electrons. The van der Waals surface area contributed by atoms with Gasteiger partial charge in [-0.1, -0.05) is 12.1 Å². The van der Waals surface area contributed by atoms with Gasteiger partial charge in [0.05, 0.1) is 16.3 Å². The van der Waals surface area contributed by atoms with Gasteiger partial charge in [0.2, 0.25) is 6.79 Å². The van der Waals surface area contributed by atoms with E-state index in [4.69, 9.17) is 14.5 Å². The van der Waals surface area contributed by atoms with E-state index in [1.807, 2.05) is 35.2 Å². The fourth-order valence-corrected chi connectivity index (χ4v) is 4.77. The Hall–Kier alpha value is -2.60. The van der Waals surface area contributed by atoms with E-state index in [9.17, 15) is 4.79 Å². The summed E-state index contributed by atoms with van der Waals surface area (Å²) in [4.78, 5) is 20.0. The molecule has 6 heteroatoms.